The van der Waals surface area contributed by atoms with Crippen LogP contribution in [0.2, 0.25) is 0 Å². The standard InChI is InChI=1S/C9H26P2/c1-10(2,3)8-7-9-11(4,5)6/h10-11H,7-9H2,1-6H3. The summed E-state index contributed by atoms with van der Waals surface area (Å²) in [5.41, 5.74) is 0. The fraction of sp³-hybridized carbons (Fsp3) is 1.00. The molecule has 72 valence electrons. The van der Waals surface area contributed by atoms with Gasteiger partial charge >= 0.3 is 73.3 Å². The maximum atomic E-state index is 2.47. The molecule has 0 spiro atoms. The van der Waals surface area contributed by atoms with Crippen LogP contribution in [0.1, 0.15) is 6.42 Å². The van der Waals surface area contributed by atoms with Crippen LogP contribution in [0.15, 0.2) is 0 Å². The van der Waals surface area contributed by atoms with Crippen molar-refractivity contribution in [1.29, 1.82) is 0 Å². The molecule has 0 saturated heterocycles. The molecule has 0 rings (SSSR count). The van der Waals surface area contributed by atoms with Gasteiger partial charge in [-0.15, -0.1) is 0 Å². The van der Waals surface area contributed by atoms with E-state index in [4.69, 9.17) is 0 Å². The van der Waals surface area contributed by atoms with Gasteiger partial charge in [0.2, 0.25) is 0 Å². The topological polar surface area (TPSA) is 0 Å². The molecule has 0 atom stereocenters. The van der Waals surface area contributed by atoms with E-state index in [1.165, 1.54) is 18.7 Å². The molecule has 0 aliphatic heterocycles. The molecule has 11 heavy (non-hydrogen) atoms. The van der Waals surface area contributed by atoms with E-state index < -0.39 is 14.5 Å². The zero-order valence-electron chi connectivity index (χ0n) is 9.12. The van der Waals surface area contributed by atoms with Crippen molar-refractivity contribution in [3.8, 4) is 0 Å². The van der Waals surface area contributed by atoms with Crippen molar-refractivity contribution < 1.29 is 0 Å². The van der Waals surface area contributed by atoms with E-state index in [9.17, 15) is 0 Å². The summed E-state index contributed by atoms with van der Waals surface area (Å²) in [4.78, 5) is 0. The summed E-state index contributed by atoms with van der Waals surface area (Å²) in [5.74, 6) is 0. The van der Waals surface area contributed by atoms with Gasteiger partial charge in [-0.3, -0.25) is 0 Å². The van der Waals surface area contributed by atoms with Gasteiger partial charge in [-0.05, 0) is 0 Å². The van der Waals surface area contributed by atoms with Gasteiger partial charge in [0.05, 0.1) is 0 Å². The Kier molecular flexibility index (Phi) is 4.53. The molecule has 0 aliphatic carbocycles. The van der Waals surface area contributed by atoms with Gasteiger partial charge in [0.1, 0.15) is 0 Å². The van der Waals surface area contributed by atoms with Crippen molar-refractivity contribution >= 4 is 14.5 Å². The minimum absolute atomic E-state index is 0.735. The van der Waals surface area contributed by atoms with Gasteiger partial charge in [-0.2, -0.15) is 0 Å². The predicted octanol–water partition coefficient (Wildman–Crippen LogP) is 2.66. The van der Waals surface area contributed by atoms with Crippen molar-refractivity contribution in [3.05, 3.63) is 0 Å². The van der Waals surface area contributed by atoms with Crippen molar-refractivity contribution in [3.63, 3.8) is 0 Å². The molecular weight excluding hydrogens is 170 g/mol. The Labute approximate surface area is 73.8 Å². The van der Waals surface area contributed by atoms with Crippen LogP contribution in [0.25, 0.3) is 0 Å². The van der Waals surface area contributed by atoms with Crippen molar-refractivity contribution in [2.45, 2.75) is 6.42 Å². The van der Waals surface area contributed by atoms with Gasteiger partial charge in [0.15, 0.2) is 0 Å². The Morgan fingerprint density at radius 3 is 1.09 bits per heavy atom. The second-order valence-corrected chi connectivity index (χ2v) is 17.2. The molecule has 0 aromatic heterocycles. The molecule has 0 nitrogen and oxygen atoms in total. The summed E-state index contributed by atoms with van der Waals surface area (Å²) in [6, 6.07) is 0. The summed E-state index contributed by atoms with van der Waals surface area (Å²) in [6.07, 6.45) is 4.54. The third-order valence-electron chi connectivity index (χ3n) is 1.85. The van der Waals surface area contributed by atoms with Crippen LogP contribution in [0.5, 0.6) is 0 Å². The van der Waals surface area contributed by atoms with E-state index in [-0.39, 0.29) is 0 Å². The monoisotopic (exact) mass is 196 g/mol. The van der Waals surface area contributed by atoms with Crippen LogP contribution in [0.4, 0.5) is 0 Å². The fourth-order valence-corrected chi connectivity index (χ4v) is 3.98. The van der Waals surface area contributed by atoms with Crippen molar-refractivity contribution in [2.24, 2.45) is 0 Å². The first kappa shape index (κ1) is 11.9. The summed E-state index contributed by atoms with van der Waals surface area (Å²) in [5, 5.41) is 0. The molecule has 0 amide bonds. The average Bonchev–Trinajstić information content (AvgIpc) is 1.55. The van der Waals surface area contributed by atoms with E-state index >= 15 is 0 Å². The minimum atomic E-state index is -0.735. The van der Waals surface area contributed by atoms with Crippen LogP contribution in [-0.2, 0) is 0 Å². The van der Waals surface area contributed by atoms with Crippen LogP contribution in [-0.4, -0.2) is 52.3 Å². The quantitative estimate of drug-likeness (QED) is 0.606. The molecule has 0 N–H and O–H groups in total. The first-order chi connectivity index (χ1) is 4.71. The molecule has 0 aromatic rings. The van der Waals surface area contributed by atoms with Crippen LogP contribution < -0.4 is 0 Å². The van der Waals surface area contributed by atoms with Crippen molar-refractivity contribution in [1.82, 2.24) is 0 Å². The number of rotatable bonds is 4. The maximum absolute atomic E-state index is 2.47. The normalized spacial score (nSPS) is 16.5. The zero-order valence-corrected chi connectivity index (χ0v) is 11.1. The molecule has 0 unspecified atom stereocenters. The molecular formula is C9H26P2. The van der Waals surface area contributed by atoms with Gasteiger partial charge in [-0.1, -0.05) is 0 Å². The molecule has 0 saturated carbocycles. The van der Waals surface area contributed by atoms with E-state index in [1.54, 1.807) is 0 Å². The van der Waals surface area contributed by atoms with E-state index in [2.05, 4.69) is 40.0 Å². The van der Waals surface area contributed by atoms with E-state index in [1.807, 2.05) is 0 Å². The summed E-state index contributed by atoms with van der Waals surface area (Å²) < 4.78 is 0. The Bertz CT molecular complexity index is 91.7. The van der Waals surface area contributed by atoms with Gasteiger partial charge in [0.25, 0.3) is 0 Å². The summed E-state index contributed by atoms with van der Waals surface area (Å²) in [7, 11) is -1.47. The Balaban J connectivity index is 3.44. The summed E-state index contributed by atoms with van der Waals surface area (Å²) in [6.45, 7) is 14.8. The first-order valence-electron chi connectivity index (χ1n) is 4.71. The van der Waals surface area contributed by atoms with Gasteiger partial charge in [0, 0.05) is 0 Å². The Morgan fingerprint density at radius 2 is 0.909 bits per heavy atom. The molecule has 0 heterocycles. The average molecular weight is 196 g/mol. The Morgan fingerprint density at radius 1 is 0.636 bits per heavy atom. The number of hydrogen-bond donors (Lipinski definition) is 0. The first-order valence-corrected chi connectivity index (χ1v) is 12.1. The van der Waals surface area contributed by atoms with Crippen molar-refractivity contribution in [2.75, 3.05) is 52.3 Å². The molecule has 0 aromatic carbocycles. The summed E-state index contributed by atoms with van der Waals surface area (Å²) >= 11 is 0. The Hall–Kier alpha value is 0.860. The second-order valence-electron chi connectivity index (χ2n) is 5.97. The SMILES string of the molecule is C[PH](C)(C)CCC[PH](C)(C)C. The molecule has 0 radical (unpaired) electrons. The van der Waals surface area contributed by atoms with E-state index in [0.29, 0.717) is 0 Å². The third kappa shape index (κ3) is 10.9. The van der Waals surface area contributed by atoms with E-state index in [0.717, 1.165) is 0 Å². The second kappa shape index (κ2) is 4.20. The number of hydrogen-bond acceptors (Lipinski definition) is 0. The van der Waals surface area contributed by atoms with Crippen LogP contribution in [0.3, 0.4) is 0 Å². The van der Waals surface area contributed by atoms with Gasteiger partial charge < -0.3 is 0 Å². The van der Waals surface area contributed by atoms with Crippen LogP contribution in [0, 0.1) is 0 Å². The fourth-order valence-electron chi connectivity index (χ4n) is 1.15. The van der Waals surface area contributed by atoms with Gasteiger partial charge in [-0.25, -0.2) is 0 Å². The third-order valence-corrected chi connectivity index (χ3v) is 5.56. The molecule has 0 bridgehead atoms. The predicted molar refractivity (Wildman–Crippen MR) is 66.5 cm³/mol. The molecule has 2 heteroatoms. The molecule has 0 aliphatic rings. The zero-order chi connectivity index (χ0) is 9.12. The van der Waals surface area contributed by atoms with Crippen LogP contribution >= 0.6 is 14.5 Å². The molecule has 0 fully saturated rings.